The van der Waals surface area contributed by atoms with Gasteiger partial charge in [-0.15, -0.1) is 26.3 Å². The molecule has 0 aliphatic heterocycles. The smallest absolute Gasteiger partial charge is 0.282 e. The lowest BCUT2D eigenvalue weighted by Crippen LogP contribution is -1.96. The largest absolute Gasteiger partial charge is 0.294 e. The molecule has 0 radical (unpaired) electrons. The van der Waals surface area contributed by atoms with Crippen LogP contribution in [0.3, 0.4) is 0 Å². The second kappa shape index (κ2) is 7.96. The molecule has 0 bridgehead atoms. The zero-order valence-electron chi connectivity index (χ0n) is 8.81. The molecular weight excluding hydrogens is 212 g/mol. The highest BCUT2D eigenvalue weighted by molar-refractivity contribution is 7.85. The number of aryl methyl sites for hydroxylation is 1. The zero-order valence-corrected chi connectivity index (χ0v) is 9.63. The molecule has 0 amide bonds. The first-order valence-corrected chi connectivity index (χ1v) is 5.48. The van der Waals surface area contributed by atoms with Gasteiger partial charge in [-0.3, -0.25) is 4.55 Å². The lowest BCUT2D eigenvalue weighted by molar-refractivity contribution is 0.483. The molecule has 0 aromatic heterocycles. The molecule has 3 nitrogen and oxygen atoms in total. The van der Waals surface area contributed by atoms with Crippen LogP contribution >= 0.6 is 0 Å². The maximum absolute atomic E-state index is 10.5. The van der Waals surface area contributed by atoms with Crippen molar-refractivity contribution in [1.29, 1.82) is 0 Å². The quantitative estimate of drug-likeness (QED) is 0.594. The van der Waals surface area contributed by atoms with Crippen LogP contribution in [-0.4, -0.2) is 13.0 Å². The number of benzene rings is 1. The van der Waals surface area contributed by atoms with Gasteiger partial charge in [-0.05, 0) is 19.1 Å². The molecule has 0 aliphatic carbocycles. The molecule has 0 saturated heterocycles. The molecule has 1 aromatic rings. The van der Waals surface area contributed by atoms with Crippen LogP contribution in [0.15, 0.2) is 55.5 Å². The fourth-order valence-corrected chi connectivity index (χ4v) is 1.19. The molecule has 15 heavy (non-hydrogen) atoms. The van der Waals surface area contributed by atoms with Crippen molar-refractivity contribution in [2.45, 2.75) is 11.8 Å². The molecular formula is C11H16O3S. The minimum absolute atomic E-state index is 0.0666. The van der Waals surface area contributed by atoms with E-state index in [9.17, 15) is 8.42 Å². The van der Waals surface area contributed by atoms with Crippen molar-refractivity contribution in [2.75, 3.05) is 0 Å². The van der Waals surface area contributed by atoms with E-state index < -0.39 is 10.1 Å². The minimum Gasteiger partial charge on any atom is -0.282 e. The number of hydrogen-bond acceptors (Lipinski definition) is 2. The van der Waals surface area contributed by atoms with Crippen LogP contribution in [0, 0.1) is 6.92 Å². The van der Waals surface area contributed by atoms with Crippen molar-refractivity contribution < 1.29 is 13.0 Å². The maximum atomic E-state index is 10.5. The predicted octanol–water partition coefficient (Wildman–Crippen LogP) is 2.85. The molecule has 4 heteroatoms. The summed E-state index contributed by atoms with van der Waals surface area (Å²) >= 11 is 0. The Labute approximate surface area is 91.5 Å². The van der Waals surface area contributed by atoms with E-state index in [4.69, 9.17) is 4.55 Å². The van der Waals surface area contributed by atoms with Gasteiger partial charge >= 0.3 is 0 Å². The summed E-state index contributed by atoms with van der Waals surface area (Å²) in [6.07, 6.45) is 0. The summed E-state index contributed by atoms with van der Waals surface area (Å²) in [7, 11) is -4.02. The summed E-state index contributed by atoms with van der Waals surface area (Å²) in [5, 5.41) is 0. The van der Waals surface area contributed by atoms with E-state index in [1.807, 2.05) is 6.92 Å². The highest BCUT2D eigenvalue weighted by atomic mass is 32.2. The van der Waals surface area contributed by atoms with Crippen molar-refractivity contribution in [3.05, 3.63) is 56.1 Å². The average Bonchev–Trinajstić information content (AvgIpc) is 2.23. The van der Waals surface area contributed by atoms with Gasteiger partial charge in [0.15, 0.2) is 0 Å². The SMILES string of the molecule is C=C.C=C.Cc1ccc(S(=O)(=O)O)cc1. The molecule has 0 saturated carbocycles. The van der Waals surface area contributed by atoms with E-state index in [1.54, 1.807) is 12.1 Å². The first kappa shape index (κ1) is 16.1. The zero-order chi connectivity index (χ0) is 12.5. The van der Waals surface area contributed by atoms with Crippen molar-refractivity contribution in [3.8, 4) is 0 Å². The first-order chi connectivity index (χ1) is 7.00. The van der Waals surface area contributed by atoms with Crippen LogP contribution in [0.5, 0.6) is 0 Å². The fraction of sp³-hybridized carbons (Fsp3) is 0.0909. The monoisotopic (exact) mass is 228 g/mol. The second-order valence-corrected chi connectivity index (χ2v) is 3.71. The summed E-state index contributed by atoms with van der Waals surface area (Å²) < 4.78 is 29.6. The van der Waals surface area contributed by atoms with E-state index >= 15 is 0 Å². The van der Waals surface area contributed by atoms with Gasteiger partial charge in [0.05, 0.1) is 4.90 Å². The average molecular weight is 228 g/mol. The van der Waals surface area contributed by atoms with E-state index in [2.05, 4.69) is 26.3 Å². The molecule has 0 fully saturated rings. The molecule has 84 valence electrons. The Morgan fingerprint density at radius 1 is 1.00 bits per heavy atom. The predicted molar refractivity (Wildman–Crippen MR) is 63.5 cm³/mol. The van der Waals surface area contributed by atoms with Gasteiger partial charge in [-0.1, -0.05) is 17.7 Å². The van der Waals surface area contributed by atoms with Crippen LogP contribution < -0.4 is 0 Å². The van der Waals surface area contributed by atoms with E-state index in [0.29, 0.717) is 0 Å². The van der Waals surface area contributed by atoms with E-state index in [1.165, 1.54) is 12.1 Å². The Kier molecular flexibility index (Phi) is 8.52. The Morgan fingerprint density at radius 3 is 1.60 bits per heavy atom. The molecule has 0 atom stereocenters. The summed E-state index contributed by atoms with van der Waals surface area (Å²) in [6.45, 7) is 13.8. The van der Waals surface area contributed by atoms with E-state index in [-0.39, 0.29) is 4.90 Å². The summed E-state index contributed by atoms with van der Waals surface area (Å²) in [5.74, 6) is 0. The molecule has 1 N–H and O–H groups in total. The molecule has 1 aromatic carbocycles. The van der Waals surface area contributed by atoms with Crippen LogP contribution in [0.1, 0.15) is 5.56 Å². The lowest BCUT2D eigenvalue weighted by atomic mass is 10.2. The Hall–Kier alpha value is -1.39. The highest BCUT2D eigenvalue weighted by Crippen LogP contribution is 2.08. The second-order valence-electron chi connectivity index (χ2n) is 2.29. The van der Waals surface area contributed by atoms with Gasteiger partial charge in [-0.2, -0.15) is 8.42 Å². The van der Waals surface area contributed by atoms with Crippen LogP contribution in [0.4, 0.5) is 0 Å². The Morgan fingerprint density at radius 2 is 1.33 bits per heavy atom. The topological polar surface area (TPSA) is 54.4 Å². The van der Waals surface area contributed by atoms with Crippen molar-refractivity contribution in [2.24, 2.45) is 0 Å². The Bertz CT molecular complexity index is 363. The minimum atomic E-state index is -4.02. The van der Waals surface area contributed by atoms with E-state index in [0.717, 1.165) is 5.56 Å². The maximum Gasteiger partial charge on any atom is 0.294 e. The Balaban J connectivity index is 0. The van der Waals surface area contributed by atoms with Crippen LogP contribution in [0.2, 0.25) is 0 Å². The summed E-state index contributed by atoms with van der Waals surface area (Å²) in [4.78, 5) is -0.0666. The van der Waals surface area contributed by atoms with Gasteiger partial charge in [0.2, 0.25) is 0 Å². The van der Waals surface area contributed by atoms with Crippen molar-refractivity contribution >= 4 is 10.1 Å². The van der Waals surface area contributed by atoms with Crippen molar-refractivity contribution in [3.63, 3.8) is 0 Å². The molecule has 0 aliphatic rings. The molecule has 0 spiro atoms. The fourth-order valence-electron chi connectivity index (χ4n) is 0.710. The molecule has 1 rings (SSSR count). The van der Waals surface area contributed by atoms with Gasteiger partial charge in [0, 0.05) is 0 Å². The van der Waals surface area contributed by atoms with Crippen LogP contribution in [-0.2, 0) is 10.1 Å². The normalized spacial score (nSPS) is 8.93. The third kappa shape index (κ3) is 6.65. The molecule has 0 unspecified atom stereocenters. The van der Waals surface area contributed by atoms with Gasteiger partial charge < -0.3 is 0 Å². The van der Waals surface area contributed by atoms with Crippen molar-refractivity contribution in [1.82, 2.24) is 0 Å². The third-order valence-electron chi connectivity index (χ3n) is 1.32. The number of hydrogen-bond donors (Lipinski definition) is 1. The summed E-state index contributed by atoms with van der Waals surface area (Å²) in [6, 6.07) is 5.99. The standard InChI is InChI=1S/C7H8O3S.2C2H4/c1-6-2-4-7(5-3-6)11(8,9)10;2*1-2/h2-5H,1H3,(H,8,9,10);2*1-2H2. The lowest BCUT2D eigenvalue weighted by Gasteiger charge is -1.95. The van der Waals surface area contributed by atoms with Gasteiger partial charge in [0.1, 0.15) is 0 Å². The highest BCUT2D eigenvalue weighted by Gasteiger charge is 2.06. The molecule has 0 heterocycles. The van der Waals surface area contributed by atoms with Gasteiger partial charge in [0.25, 0.3) is 10.1 Å². The summed E-state index contributed by atoms with van der Waals surface area (Å²) in [5.41, 5.74) is 0.956. The third-order valence-corrected chi connectivity index (χ3v) is 2.19. The number of rotatable bonds is 1. The van der Waals surface area contributed by atoms with Gasteiger partial charge in [-0.25, -0.2) is 0 Å². The first-order valence-electron chi connectivity index (χ1n) is 4.04. The van der Waals surface area contributed by atoms with Crippen LogP contribution in [0.25, 0.3) is 0 Å².